The Morgan fingerprint density at radius 1 is 0.636 bits per heavy atom. The van der Waals surface area contributed by atoms with Crippen LogP contribution >= 0.6 is 90.4 Å². The van der Waals surface area contributed by atoms with Crippen LogP contribution in [0.2, 0.25) is 0 Å². The summed E-state index contributed by atoms with van der Waals surface area (Å²) < 4.78 is 56.0. The van der Waals surface area contributed by atoms with Gasteiger partial charge in [0.2, 0.25) is 0 Å². The van der Waals surface area contributed by atoms with Crippen molar-refractivity contribution in [2.75, 3.05) is 119 Å². The molecule has 0 aromatic heterocycles. The number of aliphatic carboxylic acids is 1. The smallest absolute Gasteiger partial charge is 0.307 e. The van der Waals surface area contributed by atoms with Crippen molar-refractivity contribution in [3.63, 3.8) is 0 Å². The van der Waals surface area contributed by atoms with Gasteiger partial charge in [-0.05, 0) is 183 Å². The predicted molar refractivity (Wildman–Crippen MR) is 288 cm³/mol. The van der Waals surface area contributed by atoms with Crippen molar-refractivity contribution in [2.24, 2.45) is 5.73 Å². The van der Waals surface area contributed by atoms with Crippen molar-refractivity contribution in [1.82, 2.24) is 21.3 Å². The van der Waals surface area contributed by atoms with E-state index >= 15 is 0 Å². The molecule has 21 heteroatoms. The lowest BCUT2D eigenvalue weighted by molar-refractivity contribution is -0.136. The number of carbonyl (C=O) groups is 1. The predicted octanol–water partition coefficient (Wildman–Crippen LogP) is 6.35. The zero-order chi connectivity index (χ0) is 47.6. The SMILES string of the molecule is CCCNC(COCCOCCOCCOCCOc1ccc(CNC(=N)N)cc1)OCCOCCNCCCNCCCOc1c(I)cc(Oc2c(I)cc(CC(=O)O)cc2I)cc1I. The summed E-state index contributed by atoms with van der Waals surface area (Å²) in [5, 5.41) is 29.4. The van der Waals surface area contributed by atoms with Crippen LogP contribution in [0.15, 0.2) is 48.5 Å². The molecule has 0 saturated carbocycles. The first-order valence-corrected chi connectivity index (χ1v) is 26.3. The van der Waals surface area contributed by atoms with Crippen LogP contribution in [-0.2, 0) is 46.2 Å². The minimum atomic E-state index is -0.858. The topological polar surface area (TPSA) is 218 Å². The van der Waals surface area contributed by atoms with Crippen molar-refractivity contribution in [3.8, 4) is 23.0 Å². The van der Waals surface area contributed by atoms with E-state index in [1.165, 1.54) is 0 Å². The normalized spacial score (nSPS) is 11.7. The molecule has 0 amide bonds. The van der Waals surface area contributed by atoms with E-state index in [0.717, 1.165) is 88.9 Å². The van der Waals surface area contributed by atoms with E-state index in [1.807, 2.05) is 48.5 Å². The minimum Gasteiger partial charge on any atom is -0.491 e. The highest BCUT2D eigenvalue weighted by molar-refractivity contribution is 14.1. The number of ether oxygens (including phenoxy) is 9. The molecule has 66 heavy (non-hydrogen) atoms. The molecular formula is C45H66I4N6O11. The molecule has 0 aliphatic carbocycles. The van der Waals surface area contributed by atoms with Crippen LogP contribution in [0.1, 0.15) is 37.3 Å². The van der Waals surface area contributed by atoms with Crippen molar-refractivity contribution < 1.29 is 52.5 Å². The number of rotatable bonds is 40. The number of benzene rings is 3. The number of nitrogens with one attached hydrogen (secondary N) is 5. The third-order valence-corrected chi connectivity index (χ3v) is 12.1. The lowest BCUT2D eigenvalue weighted by Crippen LogP contribution is -2.37. The Morgan fingerprint density at radius 2 is 1.20 bits per heavy atom. The van der Waals surface area contributed by atoms with E-state index < -0.39 is 5.97 Å². The molecule has 370 valence electrons. The number of halogens is 4. The van der Waals surface area contributed by atoms with E-state index in [9.17, 15) is 4.79 Å². The van der Waals surface area contributed by atoms with Gasteiger partial charge in [-0.2, -0.15) is 0 Å². The van der Waals surface area contributed by atoms with E-state index in [4.69, 9.17) is 58.9 Å². The molecular weight excluding hydrogens is 1310 g/mol. The number of carboxylic acids is 1. The second kappa shape index (κ2) is 37.2. The summed E-state index contributed by atoms with van der Waals surface area (Å²) >= 11 is 8.92. The lowest BCUT2D eigenvalue weighted by atomic mass is 10.1. The second-order valence-electron chi connectivity index (χ2n) is 14.4. The Balaban J connectivity index is 1.09. The maximum Gasteiger partial charge on any atom is 0.307 e. The third-order valence-electron chi connectivity index (χ3n) is 8.94. The van der Waals surface area contributed by atoms with Crippen LogP contribution in [0.25, 0.3) is 0 Å². The molecule has 0 radical (unpaired) electrons. The van der Waals surface area contributed by atoms with Gasteiger partial charge in [0.15, 0.2) is 11.7 Å². The molecule has 1 unspecified atom stereocenters. The van der Waals surface area contributed by atoms with E-state index in [0.29, 0.717) is 104 Å². The summed E-state index contributed by atoms with van der Waals surface area (Å²) in [7, 11) is 0. The molecule has 3 aromatic carbocycles. The highest BCUT2D eigenvalue weighted by Crippen LogP contribution is 2.37. The molecule has 0 aliphatic heterocycles. The molecule has 0 bridgehead atoms. The van der Waals surface area contributed by atoms with Crippen LogP contribution in [0.4, 0.5) is 0 Å². The minimum absolute atomic E-state index is 0.0217. The maximum absolute atomic E-state index is 11.1. The van der Waals surface area contributed by atoms with Gasteiger partial charge < -0.3 is 69.4 Å². The van der Waals surface area contributed by atoms with Gasteiger partial charge in [0.1, 0.15) is 30.1 Å². The first-order chi connectivity index (χ1) is 32.0. The zero-order valence-corrected chi connectivity index (χ0v) is 46.2. The van der Waals surface area contributed by atoms with E-state index in [1.54, 1.807) is 0 Å². The number of carboxylic acid groups (broad SMARTS) is 1. The Labute approximate surface area is 444 Å². The molecule has 1 atom stereocenters. The molecule has 0 heterocycles. The molecule has 3 aromatic rings. The highest BCUT2D eigenvalue weighted by Gasteiger charge is 2.15. The van der Waals surface area contributed by atoms with Crippen LogP contribution in [0.5, 0.6) is 23.0 Å². The van der Waals surface area contributed by atoms with Crippen molar-refractivity contribution >= 4 is 102 Å². The third kappa shape index (κ3) is 27.5. The molecule has 3 rings (SSSR count). The fourth-order valence-corrected chi connectivity index (χ4v) is 9.87. The second-order valence-corrected chi connectivity index (χ2v) is 19.1. The standard InChI is InChI=1S/C45H66I4N6O11/c1-2-9-54-41(32-62-21-20-60-17-16-59-18-19-61-22-24-63-35-7-5-33(6-8-35)31-55-45(50)51)64-25-23-58-15-13-53-11-3-10-52-12-4-14-65-43-39(48)29-36(30-40(43)49)66-44-37(46)26-34(27-38(44)47)28-42(56)57/h5-8,26-27,29-30,41,52-54H,2-4,9-25,28,31-32H2,1H3,(H,56,57)(H4,50,51,55). The molecule has 0 aliphatic rings. The van der Waals surface area contributed by atoms with Gasteiger partial charge in [-0.1, -0.05) is 19.1 Å². The number of hydrogen-bond donors (Lipinski definition) is 7. The molecule has 0 saturated heterocycles. The summed E-state index contributed by atoms with van der Waals surface area (Å²) in [4.78, 5) is 11.1. The average molecular weight is 1370 g/mol. The van der Waals surface area contributed by atoms with Gasteiger partial charge in [-0.15, -0.1) is 0 Å². The Hall–Kier alpha value is -1.64. The molecule has 8 N–H and O–H groups in total. The largest absolute Gasteiger partial charge is 0.491 e. The van der Waals surface area contributed by atoms with Gasteiger partial charge >= 0.3 is 5.97 Å². The monoisotopic (exact) mass is 1370 g/mol. The Kier molecular flexibility index (Phi) is 33.1. The quantitative estimate of drug-likeness (QED) is 0.0109. The van der Waals surface area contributed by atoms with Crippen LogP contribution in [0.3, 0.4) is 0 Å². The van der Waals surface area contributed by atoms with Crippen molar-refractivity contribution in [1.29, 1.82) is 5.41 Å². The van der Waals surface area contributed by atoms with Crippen LogP contribution < -0.4 is 41.2 Å². The summed E-state index contributed by atoms with van der Waals surface area (Å²) in [6.07, 6.45) is 2.67. The number of guanidine groups is 1. The van der Waals surface area contributed by atoms with Crippen molar-refractivity contribution in [3.05, 3.63) is 73.9 Å². The van der Waals surface area contributed by atoms with Gasteiger partial charge in [0, 0.05) is 13.1 Å². The maximum atomic E-state index is 11.1. The molecule has 17 nitrogen and oxygen atoms in total. The van der Waals surface area contributed by atoms with Crippen LogP contribution in [0, 0.1) is 19.7 Å². The van der Waals surface area contributed by atoms with Gasteiger partial charge in [-0.3, -0.25) is 15.5 Å². The van der Waals surface area contributed by atoms with E-state index in [2.05, 4.69) is 119 Å². The zero-order valence-electron chi connectivity index (χ0n) is 37.6. The Morgan fingerprint density at radius 3 is 1.82 bits per heavy atom. The summed E-state index contributed by atoms with van der Waals surface area (Å²) in [6.45, 7) is 13.3. The lowest BCUT2D eigenvalue weighted by Gasteiger charge is -2.19. The molecule has 0 spiro atoms. The fourth-order valence-electron chi connectivity index (χ4n) is 5.73. The summed E-state index contributed by atoms with van der Waals surface area (Å²) in [5.41, 5.74) is 7.07. The van der Waals surface area contributed by atoms with E-state index in [-0.39, 0.29) is 18.6 Å². The first kappa shape index (κ1) is 58.7. The Bertz CT molecular complexity index is 1760. The first-order valence-electron chi connectivity index (χ1n) is 22.0. The van der Waals surface area contributed by atoms with Crippen molar-refractivity contribution in [2.45, 2.75) is 45.4 Å². The fraction of sp³-hybridized carbons (Fsp3) is 0.556. The highest BCUT2D eigenvalue weighted by atomic mass is 127. The number of nitrogens with two attached hydrogens (primary N) is 1. The average Bonchev–Trinajstić information content (AvgIpc) is 3.28. The van der Waals surface area contributed by atoms with Gasteiger partial charge in [0.05, 0.1) is 100.0 Å². The summed E-state index contributed by atoms with van der Waals surface area (Å²) in [5.74, 6) is 2.11. The number of hydrogen-bond acceptors (Lipinski definition) is 14. The van der Waals surface area contributed by atoms with Crippen LogP contribution in [-0.4, -0.2) is 142 Å². The van der Waals surface area contributed by atoms with Gasteiger partial charge in [-0.25, -0.2) is 0 Å². The molecule has 0 fully saturated rings. The summed E-state index contributed by atoms with van der Waals surface area (Å²) in [6, 6.07) is 15.2. The van der Waals surface area contributed by atoms with Gasteiger partial charge in [0.25, 0.3) is 0 Å².